The Labute approximate surface area is 135 Å². The molecule has 7 heteroatoms. The molecule has 1 amide bonds. The number of halogens is 3. The fraction of sp³-hybridized carbons (Fsp3) is 0.533. The topological polar surface area (TPSA) is 41.6 Å². The Bertz CT molecular complexity index is 481. The first-order chi connectivity index (χ1) is 10.2. The number of hydrogen-bond donors (Lipinski definition) is 1. The summed E-state index contributed by atoms with van der Waals surface area (Å²) in [5, 5.41) is 3.24. The van der Waals surface area contributed by atoms with E-state index in [1.807, 2.05) is 4.90 Å². The average Bonchev–Trinajstić information content (AvgIpc) is 2.74. The third kappa shape index (κ3) is 5.77. The maximum atomic E-state index is 13.3. The molecule has 1 aromatic rings. The number of nitrogens with zero attached hydrogens (tertiary/aromatic N) is 1. The van der Waals surface area contributed by atoms with Gasteiger partial charge in [-0.05, 0) is 31.5 Å². The maximum absolute atomic E-state index is 13.3. The Morgan fingerprint density at radius 2 is 2.09 bits per heavy atom. The Morgan fingerprint density at radius 3 is 2.86 bits per heavy atom. The van der Waals surface area contributed by atoms with E-state index in [-0.39, 0.29) is 30.7 Å². The van der Waals surface area contributed by atoms with E-state index < -0.39 is 11.6 Å². The smallest absolute Gasteiger partial charge is 0.222 e. The lowest BCUT2D eigenvalue weighted by Crippen LogP contribution is -2.34. The molecular weight excluding hydrogens is 314 g/mol. The van der Waals surface area contributed by atoms with Crippen molar-refractivity contribution >= 4 is 18.3 Å². The highest BCUT2D eigenvalue weighted by molar-refractivity contribution is 5.85. The number of nitrogens with one attached hydrogen (secondary N) is 1. The summed E-state index contributed by atoms with van der Waals surface area (Å²) in [6, 6.07) is 3.19. The fourth-order valence-electron chi connectivity index (χ4n) is 2.25. The number of carbonyl (C=O) groups excluding carboxylic acids is 1. The summed E-state index contributed by atoms with van der Waals surface area (Å²) in [5.74, 6) is -1.24. The van der Waals surface area contributed by atoms with Crippen molar-refractivity contribution in [1.82, 2.24) is 10.2 Å². The SMILES string of the molecule is Cl.O=C(CCCOc1ccc(F)cc1F)N1CCCNCC1. The molecule has 0 saturated carbocycles. The van der Waals surface area contributed by atoms with Crippen molar-refractivity contribution in [3.8, 4) is 5.75 Å². The molecule has 0 atom stereocenters. The van der Waals surface area contributed by atoms with Crippen LogP contribution in [0.25, 0.3) is 0 Å². The van der Waals surface area contributed by atoms with Crippen LogP contribution in [0.5, 0.6) is 5.75 Å². The lowest BCUT2D eigenvalue weighted by molar-refractivity contribution is -0.131. The van der Waals surface area contributed by atoms with E-state index in [1.54, 1.807) is 0 Å². The zero-order valence-electron chi connectivity index (χ0n) is 12.3. The lowest BCUT2D eigenvalue weighted by Gasteiger charge is -2.19. The van der Waals surface area contributed by atoms with Crippen molar-refractivity contribution in [3.63, 3.8) is 0 Å². The first-order valence-corrected chi connectivity index (χ1v) is 7.23. The molecule has 2 rings (SSSR count). The van der Waals surface area contributed by atoms with Gasteiger partial charge in [-0.3, -0.25) is 4.79 Å². The predicted octanol–water partition coefficient (Wildman–Crippen LogP) is 2.37. The van der Waals surface area contributed by atoms with Gasteiger partial charge in [0.25, 0.3) is 0 Å². The highest BCUT2D eigenvalue weighted by Crippen LogP contribution is 2.17. The Balaban J connectivity index is 0.00000242. The zero-order valence-corrected chi connectivity index (χ0v) is 13.1. The van der Waals surface area contributed by atoms with Gasteiger partial charge in [0.1, 0.15) is 5.82 Å². The van der Waals surface area contributed by atoms with E-state index in [1.165, 1.54) is 6.07 Å². The largest absolute Gasteiger partial charge is 0.491 e. The maximum Gasteiger partial charge on any atom is 0.222 e. The first-order valence-electron chi connectivity index (χ1n) is 7.23. The van der Waals surface area contributed by atoms with Gasteiger partial charge >= 0.3 is 0 Å². The van der Waals surface area contributed by atoms with Crippen LogP contribution in [-0.4, -0.2) is 43.6 Å². The Hall–Kier alpha value is -1.40. The summed E-state index contributed by atoms with van der Waals surface area (Å²) in [6.07, 6.45) is 1.85. The van der Waals surface area contributed by atoms with Gasteiger partial charge in [0.2, 0.25) is 5.91 Å². The van der Waals surface area contributed by atoms with E-state index in [2.05, 4.69) is 5.32 Å². The van der Waals surface area contributed by atoms with Crippen molar-refractivity contribution in [3.05, 3.63) is 29.8 Å². The quantitative estimate of drug-likeness (QED) is 0.841. The predicted molar refractivity (Wildman–Crippen MR) is 82.4 cm³/mol. The summed E-state index contributed by atoms with van der Waals surface area (Å²) in [7, 11) is 0. The summed E-state index contributed by atoms with van der Waals surface area (Å²) in [6.45, 7) is 3.51. The van der Waals surface area contributed by atoms with Crippen molar-refractivity contribution in [1.29, 1.82) is 0 Å². The van der Waals surface area contributed by atoms with Crippen LogP contribution in [0.4, 0.5) is 8.78 Å². The minimum absolute atomic E-state index is 0. The molecule has 1 heterocycles. The number of benzene rings is 1. The highest BCUT2D eigenvalue weighted by atomic mass is 35.5. The van der Waals surface area contributed by atoms with Gasteiger partial charge in [0, 0.05) is 32.1 Å². The van der Waals surface area contributed by atoms with Crippen LogP contribution in [-0.2, 0) is 4.79 Å². The lowest BCUT2D eigenvalue weighted by atomic mass is 10.2. The number of hydrogen-bond acceptors (Lipinski definition) is 3. The molecule has 1 aromatic carbocycles. The fourth-order valence-corrected chi connectivity index (χ4v) is 2.25. The normalized spacial score (nSPS) is 14.9. The molecule has 22 heavy (non-hydrogen) atoms. The second kappa shape index (κ2) is 9.58. The van der Waals surface area contributed by atoms with Crippen LogP contribution in [0.2, 0.25) is 0 Å². The molecule has 0 aromatic heterocycles. The molecule has 0 bridgehead atoms. The Kier molecular flexibility index (Phi) is 8.12. The molecule has 1 saturated heterocycles. The van der Waals surface area contributed by atoms with Crippen LogP contribution in [0.15, 0.2) is 18.2 Å². The summed E-state index contributed by atoms with van der Waals surface area (Å²) >= 11 is 0. The van der Waals surface area contributed by atoms with E-state index in [4.69, 9.17) is 4.74 Å². The number of carbonyl (C=O) groups is 1. The molecule has 0 radical (unpaired) electrons. The molecule has 1 aliphatic rings. The van der Waals surface area contributed by atoms with Crippen LogP contribution in [0.3, 0.4) is 0 Å². The van der Waals surface area contributed by atoms with Crippen molar-refractivity contribution < 1.29 is 18.3 Å². The van der Waals surface area contributed by atoms with Gasteiger partial charge in [-0.25, -0.2) is 8.78 Å². The minimum atomic E-state index is -0.722. The van der Waals surface area contributed by atoms with Crippen LogP contribution >= 0.6 is 12.4 Å². The molecule has 4 nitrogen and oxygen atoms in total. The highest BCUT2D eigenvalue weighted by Gasteiger charge is 2.14. The second-order valence-electron chi connectivity index (χ2n) is 5.01. The minimum Gasteiger partial charge on any atom is -0.491 e. The van der Waals surface area contributed by atoms with E-state index in [0.29, 0.717) is 12.8 Å². The van der Waals surface area contributed by atoms with Crippen molar-refractivity contribution in [2.75, 3.05) is 32.8 Å². The van der Waals surface area contributed by atoms with Crippen molar-refractivity contribution in [2.45, 2.75) is 19.3 Å². The monoisotopic (exact) mass is 334 g/mol. The number of amides is 1. The molecule has 1 aliphatic heterocycles. The molecular formula is C15H21ClF2N2O2. The third-order valence-corrected chi connectivity index (χ3v) is 3.38. The Morgan fingerprint density at radius 1 is 1.27 bits per heavy atom. The van der Waals surface area contributed by atoms with Gasteiger partial charge in [0.05, 0.1) is 6.61 Å². The van der Waals surface area contributed by atoms with E-state index >= 15 is 0 Å². The zero-order chi connectivity index (χ0) is 15.1. The van der Waals surface area contributed by atoms with Crippen LogP contribution in [0.1, 0.15) is 19.3 Å². The summed E-state index contributed by atoms with van der Waals surface area (Å²) in [4.78, 5) is 13.8. The molecule has 0 unspecified atom stereocenters. The van der Waals surface area contributed by atoms with Gasteiger partial charge in [-0.2, -0.15) is 0 Å². The molecule has 124 valence electrons. The standard InChI is InChI=1S/C15H20F2N2O2.ClH/c16-12-4-5-14(13(17)11-12)21-10-1-3-15(20)19-8-2-6-18-7-9-19;/h4-5,11,18H,1-3,6-10H2;1H. The molecule has 1 fully saturated rings. The summed E-state index contributed by atoms with van der Waals surface area (Å²) < 4.78 is 31.3. The second-order valence-corrected chi connectivity index (χ2v) is 5.01. The van der Waals surface area contributed by atoms with Gasteiger partial charge in [-0.15, -0.1) is 12.4 Å². The number of rotatable bonds is 5. The molecule has 0 spiro atoms. The van der Waals surface area contributed by atoms with Gasteiger partial charge in [-0.1, -0.05) is 0 Å². The van der Waals surface area contributed by atoms with E-state index in [0.717, 1.165) is 44.7 Å². The van der Waals surface area contributed by atoms with E-state index in [9.17, 15) is 13.6 Å². The van der Waals surface area contributed by atoms with Crippen molar-refractivity contribution in [2.24, 2.45) is 0 Å². The molecule has 0 aliphatic carbocycles. The molecule has 1 N–H and O–H groups in total. The first kappa shape index (κ1) is 18.6. The van der Waals surface area contributed by atoms with Gasteiger partial charge in [0.15, 0.2) is 11.6 Å². The average molecular weight is 335 g/mol. The van der Waals surface area contributed by atoms with Gasteiger partial charge < -0.3 is 15.0 Å². The van der Waals surface area contributed by atoms with Crippen LogP contribution in [0, 0.1) is 11.6 Å². The third-order valence-electron chi connectivity index (χ3n) is 3.38. The number of ether oxygens (including phenoxy) is 1. The summed E-state index contributed by atoms with van der Waals surface area (Å²) in [5.41, 5.74) is 0. The van der Waals surface area contributed by atoms with Crippen LogP contribution < -0.4 is 10.1 Å².